The van der Waals surface area contributed by atoms with Crippen LogP contribution in [0, 0.1) is 11.3 Å². The second kappa shape index (κ2) is 6.85. The Kier molecular flexibility index (Phi) is 4.97. The fraction of sp³-hybridized carbons (Fsp3) is 0.650. The first-order valence-corrected chi connectivity index (χ1v) is 9.04. The third-order valence-electron chi connectivity index (χ3n) is 5.34. The smallest absolute Gasteiger partial charge is 0.229 e. The summed E-state index contributed by atoms with van der Waals surface area (Å²) in [7, 11) is 0. The minimum absolute atomic E-state index is 0.0579. The van der Waals surface area contributed by atoms with E-state index in [9.17, 15) is 4.79 Å². The Morgan fingerprint density at radius 3 is 2.71 bits per heavy atom. The van der Waals surface area contributed by atoms with E-state index in [1.807, 2.05) is 18.2 Å². The van der Waals surface area contributed by atoms with Crippen molar-refractivity contribution < 1.29 is 9.53 Å². The van der Waals surface area contributed by atoms with E-state index in [4.69, 9.17) is 4.74 Å². The van der Waals surface area contributed by atoms with Crippen molar-refractivity contribution in [1.82, 2.24) is 10.2 Å². The lowest BCUT2D eigenvalue weighted by atomic mass is 9.82. The molecule has 1 aromatic rings. The first kappa shape index (κ1) is 17.4. The lowest BCUT2D eigenvalue weighted by Crippen LogP contribution is -2.42. The van der Waals surface area contributed by atoms with Crippen molar-refractivity contribution >= 4 is 5.91 Å². The SMILES string of the molecule is CC1(C)CC(C)(C(=O)N2CCC(COCc3ccccc3)C2)CN1. The van der Waals surface area contributed by atoms with Gasteiger partial charge in [-0.15, -0.1) is 0 Å². The summed E-state index contributed by atoms with van der Waals surface area (Å²) in [5.74, 6) is 0.773. The molecule has 0 saturated carbocycles. The molecule has 2 fully saturated rings. The predicted octanol–water partition coefficient (Wildman–Crippen LogP) is 2.83. The number of carbonyl (C=O) groups is 1. The molecular weight excluding hydrogens is 300 g/mol. The molecule has 0 bridgehead atoms. The largest absolute Gasteiger partial charge is 0.376 e. The highest BCUT2D eigenvalue weighted by Crippen LogP contribution is 2.37. The summed E-state index contributed by atoms with van der Waals surface area (Å²) in [6, 6.07) is 10.3. The zero-order valence-electron chi connectivity index (χ0n) is 15.2. The summed E-state index contributed by atoms with van der Waals surface area (Å²) in [5, 5.41) is 3.48. The van der Waals surface area contributed by atoms with Crippen LogP contribution >= 0.6 is 0 Å². The zero-order valence-corrected chi connectivity index (χ0v) is 15.2. The maximum Gasteiger partial charge on any atom is 0.229 e. The molecule has 0 aliphatic carbocycles. The Morgan fingerprint density at radius 1 is 1.29 bits per heavy atom. The maximum absolute atomic E-state index is 12.9. The number of nitrogens with zero attached hydrogens (tertiary/aromatic N) is 1. The third kappa shape index (κ3) is 3.98. The number of rotatable bonds is 5. The van der Waals surface area contributed by atoms with Crippen molar-refractivity contribution in [2.45, 2.75) is 45.8 Å². The number of hydrogen-bond donors (Lipinski definition) is 1. The quantitative estimate of drug-likeness (QED) is 0.903. The van der Waals surface area contributed by atoms with Crippen molar-refractivity contribution in [3.8, 4) is 0 Å². The van der Waals surface area contributed by atoms with Gasteiger partial charge in [-0.25, -0.2) is 0 Å². The zero-order chi connectivity index (χ0) is 17.2. The fourth-order valence-corrected chi connectivity index (χ4v) is 4.14. The first-order chi connectivity index (χ1) is 11.4. The van der Waals surface area contributed by atoms with Crippen LogP contribution in [0.3, 0.4) is 0 Å². The number of ether oxygens (including phenoxy) is 1. The highest BCUT2D eigenvalue weighted by Gasteiger charge is 2.47. The molecule has 3 rings (SSSR count). The van der Waals surface area contributed by atoms with Gasteiger partial charge in [-0.2, -0.15) is 0 Å². The summed E-state index contributed by atoms with van der Waals surface area (Å²) >= 11 is 0. The monoisotopic (exact) mass is 330 g/mol. The van der Waals surface area contributed by atoms with Crippen LogP contribution in [0.25, 0.3) is 0 Å². The molecule has 0 spiro atoms. The molecule has 4 nitrogen and oxygen atoms in total. The van der Waals surface area contributed by atoms with Crippen molar-refractivity contribution in [3.05, 3.63) is 35.9 Å². The van der Waals surface area contributed by atoms with Crippen LogP contribution in [0.15, 0.2) is 30.3 Å². The van der Waals surface area contributed by atoms with Crippen molar-refractivity contribution in [2.75, 3.05) is 26.2 Å². The average Bonchev–Trinajstić information content (AvgIpc) is 3.12. The highest BCUT2D eigenvalue weighted by molar-refractivity contribution is 5.83. The van der Waals surface area contributed by atoms with E-state index in [0.717, 1.165) is 39.1 Å². The first-order valence-electron chi connectivity index (χ1n) is 9.04. The molecule has 2 atom stereocenters. The number of hydrogen-bond acceptors (Lipinski definition) is 3. The number of carbonyl (C=O) groups excluding carboxylic acids is 1. The van der Waals surface area contributed by atoms with Crippen LogP contribution in [0.5, 0.6) is 0 Å². The van der Waals surface area contributed by atoms with Crippen LogP contribution in [0.2, 0.25) is 0 Å². The van der Waals surface area contributed by atoms with E-state index in [1.54, 1.807) is 0 Å². The van der Waals surface area contributed by atoms with Gasteiger partial charge >= 0.3 is 0 Å². The molecule has 2 unspecified atom stereocenters. The molecule has 1 N–H and O–H groups in total. The lowest BCUT2D eigenvalue weighted by molar-refractivity contribution is -0.139. The molecule has 24 heavy (non-hydrogen) atoms. The number of nitrogens with one attached hydrogen (secondary N) is 1. The lowest BCUT2D eigenvalue weighted by Gasteiger charge is -2.29. The standard InChI is InChI=1S/C20H30N2O2/c1-19(2)14-20(3,15-21-19)18(23)22-10-9-17(11-22)13-24-12-16-7-5-4-6-8-16/h4-8,17,21H,9-15H2,1-3H3. The fourth-order valence-electron chi connectivity index (χ4n) is 4.14. The van der Waals surface area contributed by atoms with Gasteiger partial charge in [0, 0.05) is 31.1 Å². The van der Waals surface area contributed by atoms with E-state index < -0.39 is 0 Å². The van der Waals surface area contributed by atoms with Crippen LogP contribution in [0.4, 0.5) is 0 Å². The molecule has 1 amide bonds. The Morgan fingerprint density at radius 2 is 2.04 bits per heavy atom. The molecule has 0 aromatic heterocycles. The van der Waals surface area contributed by atoms with Gasteiger partial charge in [0.1, 0.15) is 0 Å². The summed E-state index contributed by atoms with van der Waals surface area (Å²) in [6.45, 7) is 10.3. The summed E-state index contributed by atoms with van der Waals surface area (Å²) in [5.41, 5.74) is 1.00. The summed E-state index contributed by atoms with van der Waals surface area (Å²) in [4.78, 5) is 15.0. The van der Waals surface area contributed by atoms with Crippen LogP contribution in [-0.2, 0) is 16.1 Å². The highest BCUT2D eigenvalue weighted by atomic mass is 16.5. The van der Waals surface area contributed by atoms with Gasteiger partial charge < -0.3 is 15.0 Å². The van der Waals surface area contributed by atoms with E-state index in [1.165, 1.54) is 5.56 Å². The molecule has 2 heterocycles. The van der Waals surface area contributed by atoms with Gasteiger partial charge in [-0.3, -0.25) is 4.79 Å². The van der Waals surface area contributed by atoms with Crippen LogP contribution in [-0.4, -0.2) is 42.6 Å². The minimum atomic E-state index is -0.261. The van der Waals surface area contributed by atoms with E-state index in [2.05, 4.69) is 43.1 Å². The van der Waals surface area contributed by atoms with Gasteiger partial charge in [0.2, 0.25) is 5.91 Å². The van der Waals surface area contributed by atoms with Gasteiger partial charge in [-0.1, -0.05) is 30.3 Å². The van der Waals surface area contributed by atoms with Crippen LogP contribution in [0.1, 0.15) is 39.2 Å². The average molecular weight is 330 g/mol. The number of benzene rings is 1. The molecule has 1 aromatic carbocycles. The minimum Gasteiger partial charge on any atom is -0.376 e. The van der Waals surface area contributed by atoms with E-state index in [0.29, 0.717) is 18.4 Å². The predicted molar refractivity (Wildman–Crippen MR) is 95.6 cm³/mol. The van der Waals surface area contributed by atoms with Gasteiger partial charge in [-0.05, 0) is 39.2 Å². The van der Waals surface area contributed by atoms with Gasteiger partial charge in [0.05, 0.1) is 18.6 Å². The van der Waals surface area contributed by atoms with Crippen LogP contribution < -0.4 is 5.32 Å². The number of amides is 1. The Balaban J connectivity index is 1.46. The maximum atomic E-state index is 12.9. The second-order valence-corrected chi connectivity index (χ2v) is 8.38. The van der Waals surface area contributed by atoms with E-state index in [-0.39, 0.29) is 11.0 Å². The van der Waals surface area contributed by atoms with Gasteiger partial charge in [0.15, 0.2) is 0 Å². The van der Waals surface area contributed by atoms with Crippen molar-refractivity contribution in [2.24, 2.45) is 11.3 Å². The topological polar surface area (TPSA) is 41.6 Å². The second-order valence-electron chi connectivity index (χ2n) is 8.38. The van der Waals surface area contributed by atoms with E-state index >= 15 is 0 Å². The molecule has 0 radical (unpaired) electrons. The molecule has 2 aliphatic heterocycles. The Hall–Kier alpha value is -1.39. The van der Waals surface area contributed by atoms with Crippen molar-refractivity contribution in [3.63, 3.8) is 0 Å². The number of likely N-dealkylation sites (tertiary alicyclic amines) is 1. The molecule has 4 heteroatoms. The third-order valence-corrected chi connectivity index (χ3v) is 5.34. The Bertz CT molecular complexity index is 572. The molecule has 2 aliphatic rings. The molecule has 132 valence electrons. The molecular formula is C20H30N2O2. The van der Waals surface area contributed by atoms with Gasteiger partial charge in [0.25, 0.3) is 0 Å². The summed E-state index contributed by atoms with van der Waals surface area (Å²) in [6.07, 6.45) is 1.96. The summed E-state index contributed by atoms with van der Waals surface area (Å²) < 4.78 is 5.87. The van der Waals surface area contributed by atoms with Crippen molar-refractivity contribution in [1.29, 1.82) is 0 Å². The Labute approximate surface area is 145 Å². The normalized spacial score (nSPS) is 29.1. The molecule has 2 saturated heterocycles.